The maximum absolute atomic E-state index is 11.8. The van der Waals surface area contributed by atoms with E-state index < -0.39 is 0 Å². The van der Waals surface area contributed by atoms with Crippen LogP contribution in [-0.2, 0) is 16.0 Å². The number of amides is 2. The van der Waals surface area contributed by atoms with E-state index in [1.54, 1.807) is 0 Å². The fourth-order valence-electron chi connectivity index (χ4n) is 1.67. The molecule has 5 nitrogen and oxygen atoms in total. The molecule has 0 aliphatic rings. The van der Waals surface area contributed by atoms with Crippen molar-refractivity contribution in [3.8, 4) is 0 Å². The van der Waals surface area contributed by atoms with E-state index in [1.807, 2.05) is 49.3 Å². The Kier molecular flexibility index (Phi) is 7.06. The highest BCUT2D eigenvalue weighted by atomic mass is 16.1. The lowest BCUT2D eigenvalue weighted by Gasteiger charge is -2.09. The number of rotatable bonds is 8. The van der Waals surface area contributed by atoms with Gasteiger partial charge in [0.05, 0.1) is 0 Å². The first-order valence-corrected chi connectivity index (χ1v) is 6.50. The minimum absolute atomic E-state index is 0.150. The topological polar surface area (TPSA) is 61.4 Å². The molecule has 0 radical (unpaired) electrons. The van der Waals surface area contributed by atoms with Crippen molar-refractivity contribution in [3.63, 3.8) is 0 Å². The van der Waals surface area contributed by atoms with Gasteiger partial charge in [0.25, 0.3) is 0 Å². The number of nitrogens with zero attached hydrogens (tertiary/aromatic N) is 1. The number of benzene rings is 1. The number of hydrogen-bond acceptors (Lipinski definition) is 3. The SMILES string of the molecule is CN(C)C/C=C/C(=O)Nc1ccccc1CCNC=O. The summed E-state index contributed by atoms with van der Waals surface area (Å²) in [5, 5.41) is 5.46. The van der Waals surface area contributed by atoms with Crippen LogP contribution >= 0.6 is 0 Å². The molecular formula is C15H21N3O2. The van der Waals surface area contributed by atoms with Crippen molar-refractivity contribution >= 4 is 18.0 Å². The molecule has 0 atom stereocenters. The van der Waals surface area contributed by atoms with Gasteiger partial charge < -0.3 is 15.5 Å². The van der Waals surface area contributed by atoms with Crippen molar-refractivity contribution in [1.29, 1.82) is 0 Å². The summed E-state index contributed by atoms with van der Waals surface area (Å²) in [6.07, 6.45) is 4.69. The summed E-state index contributed by atoms with van der Waals surface area (Å²) >= 11 is 0. The van der Waals surface area contributed by atoms with Crippen molar-refractivity contribution in [2.45, 2.75) is 6.42 Å². The summed E-state index contributed by atoms with van der Waals surface area (Å²) in [5.41, 5.74) is 1.77. The summed E-state index contributed by atoms with van der Waals surface area (Å²) in [6.45, 7) is 1.27. The van der Waals surface area contributed by atoms with Crippen LogP contribution in [-0.4, -0.2) is 44.4 Å². The van der Waals surface area contributed by atoms with Gasteiger partial charge in [-0.2, -0.15) is 0 Å². The predicted octanol–water partition coefficient (Wildman–Crippen LogP) is 1.03. The molecule has 20 heavy (non-hydrogen) atoms. The Morgan fingerprint density at radius 3 is 2.75 bits per heavy atom. The second-order valence-electron chi connectivity index (χ2n) is 4.63. The first-order valence-electron chi connectivity index (χ1n) is 6.50. The van der Waals surface area contributed by atoms with Crippen molar-refractivity contribution in [1.82, 2.24) is 10.2 Å². The zero-order valence-corrected chi connectivity index (χ0v) is 11.9. The number of anilines is 1. The normalized spacial score (nSPS) is 10.8. The predicted molar refractivity (Wildman–Crippen MR) is 80.5 cm³/mol. The molecule has 0 aromatic heterocycles. The molecule has 108 valence electrons. The molecule has 0 aliphatic carbocycles. The van der Waals surface area contributed by atoms with E-state index in [9.17, 15) is 9.59 Å². The fourth-order valence-corrected chi connectivity index (χ4v) is 1.67. The van der Waals surface area contributed by atoms with Gasteiger partial charge in [0.1, 0.15) is 0 Å². The van der Waals surface area contributed by atoms with Gasteiger partial charge in [0.2, 0.25) is 12.3 Å². The second-order valence-corrected chi connectivity index (χ2v) is 4.63. The largest absolute Gasteiger partial charge is 0.358 e. The van der Waals surface area contributed by atoms with Gasteiger partial charge in [0, 0.05) is 24.9 Å². The molecule has 2 N–H and O–H groups in total. The molecule has 0 saturated heterocycles. The van der Waals surface area contributed by atoms with Crippen molar-refractivity contribution in [2.24, 2.45) is 0 Å². The van der Waals surface area contributed by atoms with Gasteiger partial charge in [-0.05, 0) is 32.1 Å². The van der Waals surface area contributed by atoms with Crippen LogP contribution in [0.25, 0.3) is 0 Å². The summed E-state index contributed by atoms with van der Waals surface area (Å²) < 4.78 is 0. The molecule has 1 aromatic carbocycles. The number of carbonyl (C=O) groups is 2. The van der Waals surface area contributed by atoms with E-state index in [0.717, 1.165) is 17.8 Å². The summed E-state index contributed by atoms with van der Waals surface area (Å²) in [5.74, 6) is -0.150. The van der Waals surface area contributed by atoms with E-state index in [1.165, 1.54) is 6.08 Å². The lowest BCUT2D eigenvalue weighted by atomic mass is 10.1. The monoisotopic (exact) mass is 275 g/mol. The average molecular weight is 275 g/mol. The van der Waals surface area contributed by atoms with Gasteiger partial charge >= 0.3 is 0 Å². The van der Waals surface area contributed by atoms with Crippen LogP contribution in [0.3, 0.4) is 0 Å². The van der Waals surface area contributed by atoms with Crippen LogP contribution in [0, 0.1) is 0 Å². The second kappa shape index (κ2) is 8.87. The zero-order chi connectivity index (χ0) is 14.8. The van der Waals surface area contributed by atoms with Crippen LogP contribution in [0.1, 0.15) is 5.56 Å². The van der Waals surface area contributed by atoms with Crippen LogP contribution in [0.4, 0.5) is 5.69 Å². The quantitative estimate of drug-likeness (QED) is 0.423. The van der Waals surface area contributed by atoms with E-state index in [2.05, 4.69) is 10.6 Å². The Labute approximate surface area is 119 Å². The molecular weight excluding hydrogens is 254 g/mol. The third-order valence-electron chi connectivity index (χ3n) is 2.64. The molecule has 0 spiro atoms. The Morgan fingerprint density at radius 1 is 1.30 bits per heavy atom. The molecule has 0 fully saturated rings. The highest BCUT2D eigenvalue weighted by molar-refractivity contribution is 5.99. The molecule has 0 heterocycles. The van der Waals surface area contributed by atoms with Crippen LogP contribution in [0.5, 0.6) is 0 Å². The Bertz CT molecular complexity index is 470. The van der Waals surface area contributed by atoms with Gasteiger partial charge in [-0.25, -0.2) is 0 Å². The van der Waals surface area contributed by atoms with Gasteiger partial charge in [-0.3, -0.25) is 9.59 Å². The number of carbonyl (C=O) groups excluding carboxylic acids is 2. The first-order chi connectivity index (χ1) is 9.63. The van der Waals surface area contributed by atoms with E-state index in [0.29, 0.717) is 19.4 Å². The molecule has 0 unspecified atom stereocenters. The molecule has 2 amide bonds. The van der Waals surface area contributed by atoms with Gasteiger partial charge in [-0.15, -0.1) is 0 Å². The van der Waals surface area contributed by atoms with Crippen LogP contribution in [0.2, 0.25) is 0 Å². The Hall–Kier alpha value is -2.14. The smallest absolute Gasteiger partial charge is 0.248 e. The molecule has 0 bridgehead atoms. The maximum atomic E-state index is 11.8. The Morgan fingerprint density at radius 2 is 2.05 bits per heavy atom. The minimum atomic E-state index is -0.150. The first kappa shape index (κ1) is 15.9. The van der Waals surface area contributed by atoms with E-state index in [-0.39, 0.29) is 5.91 Å². The number of para-hydroxylation sites is 1. The minimum Gasteiger partial charge on any atom is -0.358 e. The number of nitrogens with one attached hydrogen (secondary N) is 2. The highest BCUT2D eigenvalue weighted by Crippen LogP contribution is 2.15. The van der Waals surface area contributed by atoms with Gasteiger partial charge in [0.15, 0.2) is 0 Å². The zero-order valence-electron chi connectivity index (χ0n) is 11.9. The fraction of sp³-hybridized carbons (Fsp3) is 0.333. The Balaban J connectivity index is 2.59. The highest BCUT2D eigenvalue weighted by Gasteiger charge is 2.03. The number of hydrogen-bond donors (Lipinski definition) is 2. The molecule has 0 saturated carbocycles. The van der Waals surface area contributed by atoms with E-state index in [4.69, 9.17) is 0 Å². The summed E-state index contributed by atoms with van der Waals surface area (Å²) in [6, 6.07) is 7.57. The lowest BCUT2D eigenvalue weighted by molar-refractivity contribution is -0.112. The van der Waals surface area contributed by atoms with Crippen LogP contribution < -0.4 is 10.6 Å². The lowest BCUT2D eigenvalue weighted by Crippen LogP contribution is -2.16. The summed E-state index contributed by atoms with van der Waals surface area (Å²) in [4.78, 5) is 24.0. The molecule has 1 aromatic rings. The van der Waals surface area contributed by atoms with Crippen molar-refractivity contribution < 1.29 is 9.59 Å². The van der Waals surface area contributed by atoms with Gasteiger partial charge in [-0.1, -0.05) is 24.3 Å². The summed E-state index contributed by atoms with van der Waals surface area (Å²) in [7, 11) is 3.88. The third kappa shape index (κ3) is 6.15. The number of likely N-dealkylation sites (N-methyl/N-ethyl adjacent to an activating group) is 1. The molecule has 0 aliphatic heterocycles. The average Bonchev–Trinajstić information content (AvgIpc) is 2.40. The van der Waals surface area contributed by atoms with Crippen LogP contribution in [0.15, 0.2) is 36.4 Å². The maximum Gasteiger partial charge on any atom is 0.248 e. The van der Waals surface area contributed by atoms with Crippen molar-refractivity contribution in [3.05, 3.63) is 42.0 Å². The standard InChI is InChI=1S/C15H21N3O2/c1-18(2)11-5-8-15(20)17-14-7-4-3-6-13(14)9-10-16-12-19/h3-8,12H,9-11H2,1-2H3,(H,16,19)(H,17,20)/b8-5+. The molecule has 1 rings (SSSR count). The molecule has 5 heteroatoms. The van der Waals surface area contributed by atoms with Crippen molar-refractivity contribution in [2.75, 3.05) is 32.5 Å². The van der Waals surface area contributed by atoms with E-state index >= 15 is 0 Å². The third-order valence-corrected chi connectivity index (χ3v) is 2.64.